The van der Waals surface area contributed by atoms with Crippen molar-refractivity contribution in [3.8, 4) is 5.75 Å². The Bertz CT molecular complexity index is 829. The summed E-state index contributed by atoms with van der Waals surface area (Å²) in [5, 5.41) is 2.95. The highest BCUT2D eigenvalue weighted by atomic mass is 79.9. The molecule has 1 heterocycles. The summed E-state index contributed by atoms with van der Waals surface area (Å²) in [5.74, 6) is -0.418. The quantitative estimate of drug-likeness (QED) is 0.325. The summed E-state index contributed by atoms with van der Waals surface area (Å²) >= 11 is 4.70. The molecule has 1 aromatic carbocycles. The van der Waals surface area contributed by atoms with Crippen LogP contribution in [0.3, 0.4) is 0 Å². The Hall–Kier alpha value is -1.94. The van der Waals surface area contributed by atoms with E-state index in [2.05, 4.69) is 21.2 Å². The molecule has 2 aromatic rings. The van der Waals surface area contributed by atoms with Crippen LogP contribution < -0.4 is 15.8 Å². The number of ether oxygens (including phenoxy) is 3. The maximum Gasteiger partial charge on any atom is 0.261 e. The van der Waals surface area contributed by atoms with Crippen LogP contribution in [0.1, 0.15) is 28.6 Å². The normalized spacial score (nSPS) is 12.9. The second-order valence-corrected chi connectivity index (χ2v) is 9.11. The summed E-state index contributed by atoms with van der Waals surface area (Å²) in [5.41, 5.74) is 6.60. The van der Waals surface area contributed by atoms with Gasteiger partial charge in [-0.1, -0.05) is 12.1 Å². The van der Waals surface area contributed by atoms with Gasteiger partial charge < -0.3 is 25.3 Å². The molecule has 0 spiro atoms. The van der Waals surface area contributed by atoms with Crippen molar-refractivity contribution in [2.24, 2.45) is 11.7 Å². The Morgan fingerprint density at radius 1 is 1.23 bits per heavy atom. The lowest BCUT2D eigenvalue weighted by Gasteiger charge is -2.23. The predicted octanol–water partition coefficient (Wildman–Crippen LogP) is 3.36. The number of amides is 2. The molecule has 2 atom stereocenters. The summed E-state index contributed by atoms with van der Waals surface area (Å²) < 4.78 is 16.8. The van der Waals surface area contributed by atoms with Crippen LogP contribution in [0, 0.1) is 5.92 Å². The van der Waals surface area contributed by atoms with Crippen LogP contribution in [-0.4, -0.2) is 45.0 Å². The van der Waals surface area contributed by atoms with Crippen molar-refractivity contribution in [2.75, 3.05) is 27.1 Å². The number of nitrogens with two attached hydrogens (primary N) is 1. The molecule has 0 saturated heterocycles. The number of hydrogen-bond donors (Lipinski definition) is 2. The van der Waals surface area contributed by atoms with Gasteiger partial charge in [-0.15, -0.1) is 11.3 Å². The third-order valence-electron chi connectivity index (χ3n) is 4.41. The van der Waals surface area contributed by atoms with Crippen molar-refractivity contribution in [3.63, 3.8) is 0 Å². The molecule has 0 aliphatic heterocycles. The number of halogens is 1. The molecule has 2 amide bonds. The van der Waals surface area contributed by atoms with Crippen LogP contribution in [0.4, 0.5) is 0 Å². The van der Waals surface area contributed by atoms with Crippen molar-refractivity contribution in [1.82, 2.24) is 5.32 Å². The van der Waals surface area contributed by atoms with Crippen LogP contribution >= 0.6 is 27.3 Å². The van der Waals surface area contributed by atoms with E-state index >= 15 is 0 Å². The maximum atomic E-state index is 12.6. The zero-order valence-electron chi connectivity index (χ0n) is 17.1. The van der Waals surface area contributed by atoms with Gasteiger partial charge in [0.05, 0.1) is 28.4 Å². The zero-order chi connectivity index (χ0) is 21.9. The summed E-state index contributed by atoms with van der Waals surface area (Å²) in [4.78, 5) is 25.3. The monoisotopic (exact) mass is 498 g/mol. The summed E-state index contributed by atoms with van der Waals surface area (Å²) in [6.07, 6.45) is 0.784. The molecular formula is C21H27BrN2O5S. The fourth-order valence-electron chi connectivity index (χ4n) is 2.92. The summed E-state index contributed by atoms with van der Waals surface area (Å²) in [6.45, 7) is 2.72. The maximum absolute atomic E-state index is 12.6. The smallest absolute Gasteiger partial charge is 0.261 e. The van der Waals surface area contributed by atoms with Gasteiger partial charge in [0.2, 0.25) is 5.91 Å². The largest absolute Gasteiger partial charge is 0.497 e. The first kappa shape index (κ1) is 24.3. The number of carbonyl (C=O) groups is 2. The minimum absolute atomic E-state index is 0.116. The van der Waals surface area contributed by atoms with E-state index in [9.17, 15) is 9.59 Å². The first-order chi connectivity index (χ1) is 14.4. The molecule has 2 rings (SSSR count). The van der Waals surface area contributed by atoms with Gasteiger partial charge in [-0.05, 0) is 65.5 Å². The Kier molecular flexibility index (Phi) is 10.3. The van der Waals surface area contributed by atoms with Gasteiger partial charge >= 0.3 is 0 Å². The van der Waals surface area contributed by atoms with Crippen molar-refractivity contribution >= 4 is 39.1 Å². The Labute approximate surface area is 189 Å². The Morgan fingerprint density at radius 3 is 2.67 bits per heavy atom. The van der Waals surface area contributed by atoms with E-state index in [1.54, 1.807) is 13.2 Å². The number of benzene rings is 1. The van der Waals surface area contributed by atoms with Gasteiger partial charge in [0, 0.05) is 12.5 Å². The number of hydrogen-bond acceptors (Lipinski definition) is 6. The minimum Gasteiger partial charge on any atom is -0.497 e. The molecule has 30 heavy (non-hydrogen) atoms. The molecular weight excluding hydrogens is 472 g/mol. The molecule has 1 aromatic heterocycles. The summed E-state index contributed by atoms with van der Waals surface area (Å²) in [7, 11) is 1.59. The van der Waals surface area contributed by atoms with Crippen molar-refractivity contribution in [3.05, 3.63) is 50.6 Å². The van der Waals surface area contributed by atoms with Crippen LogP contribution in [-0.2, 0) is 20.7 Å². The number of thiophene rings is 1. The number of carbonyl (C=O) groups excluding carboxylic acids is 2. The highest BCUT2D eigenvalue weighted by Crippen LogP contribution is 2.23. The lowest BCUT2D eigenvalue weighted by molar-refractivity contribution is -0.122. The van der Waals surface area contributed by atoms with Gasteiger partial charge in [0.1, 0.15) is 12.5 Å². The molecule has 3 N–H and O–H groups in total. The molecule has 0 aliphatic carbocycles. The zero-order valence-corrected chi connectivity index (χ0v) is 19.5. The average Bonchev–Trinajstić information content (AvgIpc) is 3.17. The Balaban J connectivity index is 2.08. The Morgan fingerprint density at radius 2 is 2.03 bits per heavy atom. The fourth-order valence-corrected chi connectivity index (χ4v) is 4.21. The lowest BCUT2D eigenvalue weighted by atomic mass is 9.92. The molecule has 0 radical (unpaired) electrons. The van der Waals surface area contributed by atoms with E-state index in [1.165, 1.54) is 11.3 Å². The van der Waals surface area contributed by atoms with Crippen LogP contribution in [0.5, 0.6) is 5.75 Å². The molecule has 9 heteroatoms. The summed E-state index contributed by atoms with van der Waals surface area (Å²) in [6, 6.07) is 10.7. The first-order valence-electron chi connectivity index (χ1n) is 9.56. The molecule has 0 saturated carbocycles. The average molecular weight is 499 g/mol. The van der Waals surface area contributed by atoms with Gasteiger partial charge in [-0.25, -0.2) is 0 Å². The second kappa shape index (κ2) is 12.7. The standard InChI is InChI=1S/C21H27BrN2O5S/c1-3-28-13-29-12-16(24-21(26)18-7-8-19(22)30-18)11-15(20(23)25)9-14-5-4-6-17(10-14)27-2/h4-8,10,15-16H,3,9,11-13H2,1-2H3,(H2,23,25)(H,24,26)/t15-,16-/m0/s1. The van der Waals surface area contributed by atoms with E-state index < -0.39 is 17.9 Å². The van der Waals surface area contributed by atoms with Crippen LogP contribution in [0.15, 0.2) is 40.2 Å². The molecule has 0 bridgehead atoms. The van der Waals surface area contributed by atoms with Gasteiger partial charge in [0.15, 0.2) is 0 Å². The van der Waals surface area contributed by atoms with Crippen LogP contribution in [0.2, 0.25) is 0 Å². The van der Waals surface area contributed by atoms with Crippen molar-refractivity contribution in [1.29, 1.82) is 0 Å². The first-order valence-corrected chi connectivity index (χ1v) is 11.2. The number of nitrogens with one attached hydrogen (secondary N) is 1. The number of methoxy groups -OCH3 is 1. The highest BCUT2D eigenvalue weighted by molar-refractivity contribution is 9.11. The molecule has 0 aliphatic rings. The van der Waals surface area contributed by atoms with Gasteiger partial charge in [-0.2, -0.15) is 0 Å². The third-order valence-corrected chi connectivity index (χ3v) is 6.03. The molecule has 164 valence electrons. The second-order valence-electron chi connectivity index (χ2n) is 6.65. The lowest BCUT2D eigenvalue weighted by Crippen LogP contribution is -2.42. The van der Waals surface area contributed by atoms with E-state index in [0.717, 1.165) is 9.35 Å². The van der Waals surface area contributed by atoms with Gasteiger partial charge in [0.25, 0.3) is 5.91 Å². The molecule has 7 nitrogen and oxygen atoms in total. The van der Waals surface area contributed by atoms with Crippen molar-refractivity contribution in [2.45, 2.75) is 25.8 Å². The number of primary amides is 1. The topological polar surface area (TPSA) is 99.9 Å². The highest BCUT2D eigenvalue weighted by Gasteiger charge is 2.24. The molecule has 0 fully saturated rings. The van der Waals surface area contributed by atoms with Crippen molar-refractivity contribution < 1.29 is 23.8 Å². The predicted molar refractivity (Wildman–Crippen MR) is 120 cm³/mol. The van der Waals surface area contributed by atoms with E-state index in [-0.39, 0.29) is 19.3 Å². The minimum atomic E-state index is -0.479. The molecule has 0 unspecified atom stereocenters. The van der Waals surface area contributed by atoms with E-state index in [1.807, 2.05) is 37.3 Å². The van der Waals surface area contributed by atoms with Crippen LogP contribution in [0.25, 0.3) is 0 Å². The van der Waals surface area contributed by atoms with E-state index in [0.29, 0.717) is 30.1 Å². The SMILES string of the molecule is CCOCOC[C@H](C[C@H](Cc1cccc(OC)c1)C(N)=O)NC(=O)c1ccc(Br)s1. The number of rotatable bonds is 13. The van der Waals surface area contributed by atoms with Gasteiger partial charge in [-0.3, -0.25) is 9.59 Å². The fraction of sp³-hybridized carbons (Fsp3) is 0.429. The third kappa shape index (κ3) is 8.06. The van der Waals surface area contributed by atoms with E-state index in [4.69, 9.17) is 19.9 Å².